The van der Waals surface area contributed by atoms with Crippen molar-refractivity contribution in [3.63, 3.8) is 0 Å². The molecule has 4 rings (SSSR count). The van der Waals surface area contributed by atoms with E-state index in [0.29, 0.717) is 16.7 Å². The van der Waals surface area contributed by atoms with Gasteiger partial charge in [0.2, 0.25) is 5.89 Å². The first-order valence-corrected chi connectivity index (χ1v) is 9.89. The second-order valence-electron chi connectivity index (χ2n) is 7.74. The van der Waals surface area contributed by atoms with Crippen molar-refractivity contribution in [2.24, 2.45) is 0 Å². The molecule has 0 atom stereocenters. The third-order valence-electron chi connectivity index (χ3n) is 5.41. The van der Waals surface area contributed by atoms with Gasteiger partial charge in [0.25, 0.3) is 0 Å². The molecule has 152 valence electrons. The molecule has 2 aromatic heterocycles. The van der Waals surface area contributed by atoms with Crippen LogP contribution in [0.4, 0.5) is 5.82 Å². The summed E-state index contributed by atoms with van der Waals surface area (Å²) in [7, 11) is 3.73. The molecule has 7 heteroatoms. The first kappa shape index (κ1) is 19.4. The Labute approximate surface area is 169 Å². The number of benzene rings is 1. The molecule has 0 saturated carbocycles. The molecule has 0 bridgehead atoms. The normalized spacial score (nSPS) is 15.3. The van der Waals surface area contributed by atoms with E-state index >= 15 is 0 Å². The summed E-state index contributed by atoms with van der Waals surface area (Å²) in [4.78, 5) is 26.7. The van der Waals surface area contributed by atoms with E-state index in [1.165, 1.54) is 0 Å². The number of piperazine rings is 1. The molecule has 0 radical (unpaired) electrons. The van der Waals surface area contributed by atoms with E-state index in [1.54, 1.807) is 19.4 Å². The van der Waals surface area contributed by atoms with Crippen LogP contribution in [-0.2, 0) is 0 Å². The van der Waals surface area contributed by atoms with Gasteiger partial charge < -0.3 is 19.0 Å². The Balaban J connectivity index is 1.87. The predicted octanol–water partition coefficient (Wildman–Crippen LogP) is 3.13. The molecule has 1 aliphatic heterocycles. The second-order valence-corrected chi connectivity index (χ2v) is 7.74. The van der Waals surface area contributed by atoms with Crippen LogP contribution in [0.1, 0.15) is 25.3 Å². The van der Waals surface area contributed by atoms with Crippen molar-refractivity contribution >= 4 is 16.7 Å². The number of likely N-dealkylation sites (N-methyl/N-ethyl adjacent to an activating group) is 1. The summed E-state index contributed by atoms with van der Waals surface area (Å²) in [5.74, 6) is 1.90. The topological polar surface area (TPSA) is 71.7 Å². The largest absolute Gasteiger partial charge is 0.497 e. The summed E-state index contributed by atoms with van der Waals surface area (Å²) in [6.45, 7) is 7.72. The lowest BCUT2D eigenvalue weighted by Crippen LogP contribution is -2.45. The number of anilines is 1. The van der Waals surface area contributed by atoms with Crippen LogP contribution in [0.25, 0.3) is 22.4 Å². The maximum absolute atomic E-state index is 12.9. The Morgan fingerprint density at radius 2 is 1.93 bits per heavy atom. The van der Waals surface area contributed by atoms with Crippen molar-refractivity contribution in [2.45, 2.75) is 19.8 Å². The molecule has 29 heavy (non-hydrogen) atoms. The molecule has 0 N–H and O–H groups in total. The highest BCUT2D eigenvalue weighted by Crippen LogP contribution is 2.32. The van der Waals surface area contributed by atoms with Gasteiger partial charge >= 0.3 is 5.63 Å². The van der Waals surface area contributed by atoms with Gasteiger partial charge in [-0.15, -0.1) is 0 Å². The lowest BCUT2D eigenvalue weighted by molar-refractivity contribution is 0.312. The smallest absolute Gasteiger partial charge is 0.347 e. The fourth-order valence-corrected chi connectivity index (χ4v) is 3.73. The van der Waals surface area contributed by atoms with Gasteiger partial charge in [-0.05, 0) is 36.7 Å². The average molecular weight is 394 g/mol. The van der Waals surface area contributed by atoms with Crippen LogP contribution in [0.5, 0.6) is 5.75 Å². The molecule has 1 aliphatic rings. The van der Waals surface area contributed by atoms with E-state index in [2.05, 4.69) is 21.8 Å². The van der Waals surface area contributed by atoms with Crippen LogP contribution in [-0.4, -0.2) is 55.2 Å². The summed E-state index contributed by atoms with van der Waals surface area (Å²) < 4.78 is 11.1. The zero-order chi connectivity index (χ0) is 20.5. The quantitative estimate of drug-likeness (QED) is 0.673. The van der Waals surface area contributed by atoms with Crippen molar-refractivity contribution in [1.29, 1.82) is 0 Å². The zero-order valence-corrected chi connectivity index (χ0v) is 17.3. The minimum Gasteiger partial charge on any atom is -0.497 e. The molecule has 3 aromatic rings. The van der Waals surface area contributed by atoms with Crippen LogP contribution < -0.4 is 15.3 Å². The zero-order valence-electron chi connectivity index (χ0n) is 17.3. The summed E-state index contributed by atoms with van der Waals surface area (Å²) in [5.41, 5.74) is 1.79. The molecule has 7 nitrogen and oxygen atoms in total. The van der Waals surface area contributed by atoms with E-state index in [4.69, 9.17) is 14.1 Å². The van der Waals surface area contributed by atoms with Crippen LogP contribution in [0.15, 0.2) is 39.7 Å². The van der Waals surface area contributed by atoms with E-state index in [1.807, 2.05) is 32.0 Å². The van der Waals surface area contributed by atoms with Gasteiger partial charge in [0.1, 0.15) is 11.6 Å². The van der Waals surface area contributed by atoms with Gasteiger partial charge in [0, 0.05) is 38.4 Å². The number of ether oxygens (including phenoxy) is 1. The van der Waals surface area contributed by atoms with Crippen molar-refractivity contribution < 1.29 is 9.15 Å². The second kappa shape index (κ2) is 7.83. The molecule has 0 aliphatic carbocycles. The molecule has 1 aromatic carbocycles. The van der Waals surface area contributed by atoms with Gasteiger partial charge in [0.05, 0.1) is 23.6 Å². The molecule has 0 unspecified atom stereocenters. The third kappa shape index (κ3) is 3.70. The number of hydrogen-bond donors (Lipinski definition) is 0. The maximum Gasteiger partial charge on any atom is 0.347 e. The van der Waals surface area contributed by atoms with Gasteiger partial charge in [-0.25, -0.2) is 14.8 Å². The summed E-state index contributed by atoms with van der Waals surface area (Å²) >= 11 is 0. The molecule has 1 fully saturated rings. The minimum absolute atomic E-state index is 0.141. The summed E-state index contributed by atoms with van der Waals surface area (Å²) in [6.07, 6.45) is 1.76. The van der Waals surface area contributed by atoms with Crippen molar-refractivity contribution in [3.8, 4) is 17.2 Å². The van der Waals surface area contributed by atoms with Gasteiger partial charge in [-0.1, -0.05) is 13.8 Å². The maximum atomic E-state index is 12.9. The van der Waals surface area contributed by atoms with Crippen LogP contribution in [0.2, 0.25) is 0 Å². The number of methoxy groups -OCH3 is 1. The SMILES string of the molecule is COc1cc(C(C)C)c2c(=O)oc(-c3cccnc3N3CCN(C)CC3)nc2c1. The average Bonchev–Trinajstić information content (AvgIpc) is 2.73. The molecular weight excluding hydrogens is 368 g/mol. The van der Waals surface area contributed by atoms with Crippen LogP contribution in [0.3, 0.4) is 0 Å². The molecule has 3 heterocycles. The fraction of sp³-hybridized carbons (Fsp3) is 0.409. The van der Waals surface area contributed by atoms with E-state index < -0.39 is 0 Å². The molecule has 0 spiro atoms. The number of nitrogens with zero attached hydrogens (tertiary/aromatic N) is 4. The highest BCUT2D eigenvalue weighted by molar-refractivity contribution is 5.85. The molecule has 1 saturated heterocycles. The summed E-state index contributed by atoms with van der Waals surface area (Å²) in [6, 6.07) is 7.41. The first-order valence-electron chi connectivity index (χ1n) is 9.89. The minimum atomic E-state index is -0.385. The van der Waals surface area contributed by atoms with E-state index in [-0.39, 0.29) is 17.4 Å². The monoisotopic (exact) mass is 394 g/mol. The Bertz CT molecular complexity index is 1090. The molecular formula is C22H26N4O3. The highest BCUT2D eigenvalue weighted by atomic mass is 16.5. The number of fused-ring (bicyclic) bond motifs is 1. The Morgan fingerprint density at radius 3 is 2.62 bits per heavy atom. The molecule has 0 amide bonds. The number of hydrogen-bond acceptors (Lipinski definition) is 7. The van der Waals surface area contributed by atoms with Gasteiger partial charge in [-0.2, -0.15) is 0 Å². The Morgan fingerprint density at radius 1 is 1.17 bits per heavy atom. The van der Waals surface area contributed by atoms with Crippen molar-refractivity contribution in [2.75, 3.05) is 45.2 Å². The number of rotatable bonds is 4. The van der Waals surface area contributed by atoms with E-state index in [0.717, 1.165) is 43.1 Å². The van der Waals surface area contributed by atoms with E-state index in [9.17, 15) is 4.79 Å². The van der Waals surface area contributed by atoms with Crippen molar-refractivity contribution in [1.82, 2.24) is 14.9 Å². The van der Waals surface area contributed by atoms with Gasteiger partial charge in [-0.3, -0.25) is 0 Å². The lowest BCUT2D eigenvalue weighted by atomic mass is 9.98. The Kier molecular flexibility index (Phi) is 5.24. The number of aromatic nitrogens is 2. The summed E-state index contributed by atoms with van der Waals surface area (Å²) in [5, 5.41) is 0.509. The standard InChI is InChI=1S/C22H26N4O3/c1-14(2)17-12-15(28-4)13-18-19(17)22(27)29-21(24-18)16-6-5-7-23-20(16)26-10-8-25(3)9-11-26/h5-7,12-14H,8-11H2,1-4H3. The van der Waals surface area contributed by atoms with Crippen molar-refractivity contribution in [3.05, 3.63) is 46.4 Å². The lowest BCUT2D eigenvalue weighted by Gasteiger charge is -2.33. The first-order chi connectivity index (χ1) is 14.0. The fourth-order valence-electron chi connectivity index (χ4n) is 3.73. The van der Waals surface area contributed by atoms with Crippen LogP contribution in [0, 0.1) is 0 Å². The third-order valence-corrected chi connectivity index (χ3v) is 5.41. The predicted molar refractivity (Wildman–Crippen MR) is 114 cm³/mol. The highest BCUT2D eigenvalue weighted by Gasteiger charge is 2.22. The van der Waals surface area contributed by atoms with Gasteiger partial charge in [0.15, 0.2) is 0 Å². The number of pyridine rings is 1. The Hall–Kier alpha value is -2.93. The van der Waals surface area contributed by atoms with Crippen LogP contribution >= 0.6 is 0 Å².